The topological polar surface area (TPSA) is 446 Å². The van der Waals surface area contributed by atoms with Crippen molar-refractivity contribution < 1.29 is 206 Å². The van der Waals surface area contributed by atoms with Gasteiger partial charge in [0.2, 0.25) is 0 Å². The van der Waals surface area contributed by atoms with Crippen LogP contribution in [0.2, 0.25) is 0 Å². The first-order valence-electron chi connectivity index (χ1n) is 21.7. The molecule has 0 aromatic rings. The number of carbonyl (C=O) groups excluding carboxylic acids is 8. The van der Waals surface area contributed by atoms with Crippen molar-refractivity contribution in [2.75, 3.05) is 0 Å². The normalized spacial score (nSPS) is 7.27. The average Bonchev–Trinajstić information content (AvgIpc) is 3.20. The third-order valence-electron chi connectivity index (χ3n) is 4.24. The van der Waals surface area contributed by atoms with E-state index >= 15 is 0 Å². The van der Waals surface area contributed by atoms with Crippen LogP contribution in [0.15, 0.2) is 0 Å². The van der Waals surface area contributed by atoms with Crippen LogP contribution >= 0.6 is 0 Å². The minimum atomic E-state index is -2.00. The quantitative estimate of drug-likeness (QED) is 0.122. The maximum absolute atomic E-state index is 10.4. The van der Waals surface area contributed by atoms with E-state index in [0.29, 0.717) is 0 Å². The van der Waals surface area contributed by atoms with E-state index in [-0.39, 0.29) is 21.7 Å². The zero-order valence-corrected chi connectivity index (χ0v) is 57.2. The molecular weight excluding hydrogens is 1200 g/mol. The Kier molecular flexibility index (Phi) is 186. The Balaban J connectivity index is -0.0000000345. The summed E-state index contributed by atoms with van der Waals surface area (Å²) >= 11 is -8.00. The van der Waals surface area contributed by atoms with Crippen LogP contribution in [-0.2, 0) is 171 Å². The number of ketones is 8. The second-order valence-corrected chi connectivity index (χ2v) is 14.0. The van der Waals surface area contributed by atoms with Gasteiger partial charge in [-0.15, -0.1) is 0 Å². The molecule has 0 atom stereocenters. The monoisotopic (exact) mass is 1290 g/mol. The molecule has 0 bridgehead atoms. The number of carboxylic acid groups (broad SMARTS) is 4. The van der Waals surface area contributed by atoms with Crippen LogP contribution in [-0.4, -0.2) is 90.6 Å². The van der Waals surface area contributed by atoms with Crippen molar-refractivity contribution in [2.45, 2.75) is 166 Å². The molecule has 0 aromatic heterocycles. The molecule has 452 valence electrons. The van der Waals surface area contributed by atoms with E-state index in [1.807, 2.05) is 162 Å². The summed E-state index contributed by atoms with van der Waals surface area (Å²) < 4.78 is 68.0. The van der Waals surface area contributed by atoms with Gasteiger partial charge in [0.25, 0.3) is 0 Å². The van der Waals surface area contributed by atoms with Crippen LogP contribution in [0.5, 0.6) is 0 Å². The van der Waals surface area contributed by atoms with Crippen molar-refractivity contribution in [3.63, 3.8) is 0 Å². The van der Waals surface area contributed by atoms with Crippen molar-refractivity contribution in [1.29, 1.82) is 0 Å². The Morgan fingerprint density at radius 3 is 0.299 bits per heavy atom. The molecule has 0 heterocycles. The second kappa shape index (κ2) is 117. The maximum atomic E-state index is 10.4. The summed E-state index contributed by atoms with van der Waals surface area (Å²) in [5.74, 6) is -16.4. The van der Waals surface area contributed by atoms with Crippen LogP contribution in [0.3, 0.4) is 0 Å². The average molecular weight is 1290 g/mol. The van der Waals surface area contributed by atoms with Crippen molar-refractivity contribution in [3.8, 4) is 0 Å². The summed E-state index contributed by atoms with van der Waals surface area (Å²) in [5.41, 5.74) is 0. The molecule has 77 heavy (non-hydrogen) atoms. The van der Waals surface area contributed by atoms with Gasteiger partial charge in [-0.3, -0.25) is 57.5 Å². The zero-order valence-electron chi connectivity index (χ0n) is 49.4. The molecule has 0 aliphatic heterocycles. The van der Waals surface area contributed by atoms with Crippen LogP contribution in [0.25, 0.3) is 0 Å². The Labute approximate surface area is 512 Å². The Morgan fingerprint density at radius 1 is 0.260 bits per heavy atom. The SMILES string of the molecule is CC(=O)C(C(C)=O)C(=O)O.CC(=O)C(C(C)=O)C(=O)O.CC(=O)C(C(C)=O)C(=O)O.CC(=O)C(C(C)=O)C(=O)O.C[CH-]C.C[CH-]C.C[CH-]C.C[CH-]C.C[CH-]C.C[CH-]C.C[CH-]C.C[CH-]C.[O]=[Ti][O-].[O]=[Ti][O-].[O]=[Ti][O-].[O]=[Ti][O-].[Ti+4]. The van der Waals surface area contributed by atoms with E-state index in [9.17, 15) is 57.5 Å². The molecule has 0 unspecified atom stereocenters. The number of hydrogen-bond acceptors (Lipinski definition) is 20. The van der Waals surface area contributed by atoms with E-state index in [1.54, 1.807) is 0 Å². The van der Waals surface area contributed by atoms with Crippen molar-refractivity contribution in [1.82, 2.24) is 0 Å². The van der Waals surface area contributed by atoms with E-state index in [0.717, 1.165) is 55.4 Å². The molecule has 4 N–H and O–H groups in total. The zero-order chi connectivity index (χ0) is 65.7. The van der Waals surface area contributed by atoms with Gasteiger partial charge >= 0.3 is 152 Å². The summed E-state index contributed by atoms with van der Waals surface area (Å²) in [4.78, 5) is 124. The molecule has 24 nitrogen and oxygen atoms in total. The summed E-state index contributed by atoms with van der Waals surface area (Å²) in [6.45, 7) is 40.7. The van der Waals surface area contributed by atoms with E-state index in [2.05, 4.69) is 0 Å². The Morgan fingerprint density at radius 2 is 0.299 bits per heavy atom. The molecule has 0 fully saturated rings. The van der Waals surface area contributed by atoms with Crippen molar-refractivity contribution in [2.24, 2.45) is 23.7 Å². The number of Topliss-reactive ketones (excluding diaryl/α,β-unsaturated/α-hetero) is 8. The number of hydrogen-bond donors (Lipinski definition) is 4. The molecule has 29 heteroatoms. The summed E-state index contributed by atoms with van der Waals surface area (Å²) in [6.07, 6.45) is 16.0. The largest absolute Gasteiger partial charge is 4.00 e. The van der Waals surface area contributed by atoms with Gasteiger partial charge in [0.1, 0.15) is 0 Å². The molecule has 0 spiro atoms. The van der Waals surface area contributed by atoms with Gasteiger partial charge < -0.3 is 71.8 Å². The first-order valence-corrected chi connectivity index (χ1v) is 26.8. The number of rotatable bonds is 12. The summed E-state index contributed by atoms with van der Waals surface area (Å²) in [5, 5.41) is 33.1. The molecule has 0 aromatic carbocycles. The standard InChI is InChI=1S/4C6H8O4.8C3H7.8O.5Ti/c4*1-3(7)5(4(2)8)6(9)10;8*1-3-2;;;;;;;;;;;;;/h4*5H,1-2H3,(H,9,10);8*3H,1-2H3;;;;;;;;;;;;;/q;;;;8*-1;;;;;4*-1;;;;;+4. The van der Waals surface area contributed by atoms with Crippen LogP contribution in [0, 0.1) is 75.0 Å². The summed E-state index contributed by atoms with van der Waals surface area (Å²) in [7, 11) is 0. The fourth-order valence-corrected chi connectivity index (χ4v) is 2.54. The predicted octanol–water partition coefficient (Wildman–Crippen LogP) is 4.06. The molecule has 0 saturated carbocycles. The smallest absolute Gasteiger partial charge is 4.00 e. The van der Waals surface area contributed by atoms with Gasteiger partial charge in [-0.25, -0.2) is 0 Å². The molecule has 0 aliphatic rings. The predicted molar refractivity (Wildman–Crippen MR) is 258 cm³/mol. The Hall–Kier alpha value is -2.15. The van der Waals surface area contributed by atoms with Crippen LogP contribution in [0.4, 0.5) is 0 Å². The fourth-order valence-electron chi connectivity index (χ4n) is 2.54. The van der Waals surface area contributed by atoms with Gasteiger partial charge in [0.05, 0.1) is 0 Å². The van der Waals surface area contributed by atoms with E-state index in [4.69, 9.17) is 48.5 Å². The van der Waals surface area contributed by atoms with Gasteiger partial charge in [0.15, 0.2) is 69.9 Å². The van der Waals surface area contributed by atoms with E-state index < -0.39 is 172 Å². The second-order valence-electron chi connectivity index (χ2n) is 12.9. The maximum Gasteiger partial charge on any atom is 4.00 e. The van der Waals surface area contributed by atoms with Gasteiger partial charge in [-0.1, -0.05) is 0 Å². The minimum absolute atomic E-state index is 0. The molecule has 0 saturated heterocycles. The first kappa shape index (κ1) is 122. The molecule has 0 radical (unpaired) electrons. The molecule has 0 rings (SSSR count). The number of carboxylic acids is 4. The van der Waals surface area contributed by atoms with Gasteiger partial charge in [-0.05, 0) is 55.4 Å². The van der Waals surface area contributed by atoms with Gasteiger partial charge in [0, 0.05) is 0 Å². The summed E-state index contributed by atoms with van der Waals surface area (Å²) in [6, 6.07) is 0. The molecule has 0 amide bonds. The molecular formula is C48H88O24Ti5-8. The van der Waals surface area contributed by atoms with Crippen LogP contribution < -0.4 is 14.8 Å². The van der Waals surface area contributed by atoms with Crippen molar-refractivity contribution >= 4 is 70.1 Å². The number of carbonyl (C=O) groups is 12. The van der Waals surface area contributed by atoms with E-state index in [1.165, 1.54) is 0 Å². The minimum Gasteiger partial charge on any atom is 4.00 e. The number of aliphatic carboxylic acids is 4. The molecule has 0 aliphatic carbocycles. The van der Waals surface area contributed by atoms with Gasteiger partial charge in [-0.2, -0.15) is 111 Å². The van der Waals surface area contributed by atoms with Crippen molar-refractivity contribution in [3.05, 3.63) is 51.4 Å². The third kappa shape index (κ3) is 181. The first-order chi connectivity index (χ1) is 34.8. The third-order valence-corrected chi connectivity index (χ3v) is 4.24. The van der Waals surface area contributed by atoms with Crippen LogP contribution in [0.1, 0.15) is 166 Å². The Bertz CT molecular complexity index is 1080. The fraction of sp³-hybridized carbons (Fsp3) is 0.583.